The van der Waals surface area contributed by atoms with Gasteiger partial charge in [-0.3, -0.25) is 4.98 Å². The van der Waals surface area contributed by atoms with Crippen molar-refractivity contribution in [1.82, 2.24) is 14.4 Å². The van der Waals surface area contributed by atoms with Gasteiger partial charge in [-0.1, -0.05) is 0 Å². The first-order valence-corrected chi connectivity index (χ1v) is 5.72. The van der Waals surface area contributed by atoms with E-state index in [1.807, 2.05) is 48.0 Å². The Bertz CT molecular complexity index is 686. The zero-order valence-corrected chi connectivity index (χ0v) is 10.3. The minimum Gasteiger partial charge on any atom is -0.497 e. The number of ether oxygens (including phenoxy) is 1. The smallest absolute Gasteiger partial charge is 0.118 e. The third kappa shape index (κ3) is 1.62. The summed E-state index contributed by atoms with van der Waals surface area (Å²) >= 11 is 0. The van der Waals surface area contributed by atoms with Crippen LogP contribution < -0.4 is 4.74 Å². The highest BCUT2D eigenvalue weighted by Crippen LogP contribution is 2.24. The summed E-state index contributed by atoms with van der Waals surface area (Å²) in [7, 11) is 1.66. The lowest BCUT2D eigenvalue weighted by molar-refractivity contribution is 0.415. The Kier molecular flexibility index (Phi) is 2.48. The molecule has 4 heteroatoms. The quantitative estimate of drug-likeness (QED) is 0.690. The van der Waals surface area contributed by atoms with E-state index < -0.39 is 0 Å². The van der Waals surface area contributed by atoms with Gasteiger partial charge in [-0.05, 0) is 31.2 Å². The van der Waals surface area contributed by atoms with Gasteiger partial charge in [0.25, 0.3) is 0 Å². The summed E-state index contributed by atoms with van der Waals surface area (Å²) in [4.78, 5) is 8.76. The highest BCUT2D eigenvalue weighted by molar-refractivity contribution is 5.76. The monoisotopic (exact) mass is 239 g/mol. The fraction of sp³-hybridized carbons (Fsp3) is 0.143. The summed E-state index contributed by atoms with van der Waals surface area (Å²) < 4.78 is 7.19. The zero-order valence-electron chi connectivity index (χ0n) is 10.3. The molecule has 0 saturated heterocycles. The van der Waals surface area contributed by atoms with Crippen molar-refractivity contribution in [3.63, 3.8) is 0 Å². The number of fused-ring (bicyclic) bond motifs is 1. The average molecular weight is 239 g/mol. The third-order valence-corrected chi connectivity index (χ3v) is 3.01. The largest absolute Gasteiger partial charge is 0.497 e. The van der Waals surface area contributed by atoms with Crippen molar-refractivity contribution >= 4 is 5.52 Å². The molecule has 0 radical (unpaired) electrons. The first kappa shape index (κ1) is 10.8. The molecule has 0 unspecified atom stereocenters. The number of methoxy groups -OCH3 is 1. The van der Waals surface area contributed by atoms with Gasteiger partial charge in [0.2, 0.25) is 0 Å². The number of nitrogens with zero attached hydrogens (tertiary/aromatic N) is 3. The molecular weight excluding hydrogens is 226 g/mol. The molecule has 0 aliphatic carbocycles. The fourth-order valence-electron chi connectivity index (χ4n) is 2.03. The molecule has 0 saturated carbocycles. The van der Waals surface area contributed by atoms with Crippen LogP contribution in [0.25, 0.3) is 16.8 Å². The van der Waals surface area contributed by atoms with Gasteiger partial charge in [0.1, 0.15) is 11.6 Å². The van der Waals surface area contributed by atoms with Crippen LogP contribution in [0.4, 0.5) is 0 Å². The maximum Gasteiger partial charge on any atom is 0.118 e. The second-order valence-corrected chi connectivity index (χ2v) is 4.07. The van der Waals surface area contributed by atoms with E-state index in [9.17, 15) is 0 Å². The van der Waals surface area contributed by atoms with E-state index in [4.69, 9.17) is 4.74 Å². The third-order valence-electron chi connectivity index (χ3n) is 3.01. The predicted molar refractivity (Wildman–Crippen MR) is 69.7 cm³/mol. The van der Waals surface area contributed by atoms with E-state index in [0.717, 1.165) is 28.3 Å². The van der Waals surface area contributed by atoms with Crippen LogP contribution in [0.3, 0.4) is 0 Å². The van der Waals surface area contributed by atoms with Crippen LogP contribution in [0.2, 0.25) is 0 Å². The molecule has 0 atom stereocenters. The molecule has 18 heavy (non-hydrogen) atoms. The molecule has 0 amide bonds. The minimum atomic E-state index is 0.843. The number of benzene rings is 1. The lowest BCUT2D eigenvalue weighted by Crippen LogP contribution is -1.92. The molecule has 0 N–H and O–H groups in total. The Balaban J connectivity index is 2.18. The van der Waals surface area contributed by atoms with Crippen molar-refractivity contribution in [3.8, 4) is 17.0 Å². The lowest BCUT2D eigenvalue weighted by atomic mass is 10.1. The molecular formula is C14H13N3O. The summed E-state index contributed by atoms with van der Waals surface area (Å²) in [6.07, 6.45) is 5.56. The van der Waals surface area contributed by atoms with E-state index in [2.05, 4.69) is 9.97 Å². The van der Waals surface area contributed by atoms with E-state index >= 15 is 0 Å². The van der Waals surface area contributed by atoms with Crippen LogP contribution in [0, 0.1) is 6.92 Å². The predicted octanol–water partition coefficient (Wildman–Crippen LogP) is 2.71. The number of aryl methyl sites for hydroxylation is 1. The number of rotatable bonds is 2. The fourth-order valence-corrected chi connectivity index (χ4v) is 2.03. The SMILES string of the molecule is COc1ccc(-c2nccn3c(C)ncc23)cc1. The van der Waals surface area contributed by atoms with Gasteiger partial charge in [0, 0.05) is 18.0 Å². The summed E-state index contributed by atoms with van der Waals surface area (Å²) in [5.41, 5.74) is 3.00. The Hall–Kier alpha value is -2.36. The molecule has 1 aromatic carbocycles. The van der Waals surface area contributed by atoms with Crippen LogP contribution in [-0.4, -0.2) is 21.5 Å². The van der Waals surface area contributed by atoms with Gasteiger partial charge in [-0.15, -0.1) is 0 Å². The Labute approximate surface area is 105 Å². The number of hydrogen-bond donors (Lipinski definition) is 0. The number of imidazole rings is 1. The van der Waals surface area contributed by atoms with Crippen molar-refractivity contribution in [1.29, 1.82) is 0 Å². The van der Waals surface area contributed by atoms with E-state index in [1.54, 1.807) is 13.3 Å². The zero-order chi connectivity index (χ0) is 12.5. The normalized spacial score (nSPS) is 10.8. The first-order valence-electron chi connectivity index (χ1n) is 5.72. The number of aromatic nitrogens is 3. The molecule has 3 rings (SSSR count). The molecule has 2 aromatic heterocycles. The molecule has 4 nitrogen and oxygen atoms in total. The van der Waals surface area contributed by atoms with Crippen molar-refractivity contribution < 1.29 is 4.74 Å². The molecule has 90 valence electrons. The van der Waals surface area contributed by atoms with Gasteiger partial charge in [0.15, 0.2) is 0 Å². The first-order chi connectivity index (χ1) is 8.79. The van der Waals surface area contributed by atoms with Gasteiger partial charge in [0.05, 0.1) is 24.5 Å². The molecule has 0 bridgehead atoms. The molecule has 0 spiro atoms. The highest BCUT2D eigenvalue weighted by atomic mass is 16.5. The van der Waals surface area contributed by atoms with Gasteiger partial charge >= 0.3 is 0 Å². The van der Waals surface area contributed by atoms with Crippen LogP contribution in [-0.2, 0) is 0 Å². The highest BCUT2D eigenvalue weighted by Gasteiger charge is 2.07. The Morgan fingerprint density at radius 1 is 1.11 bits per heavy atom. The van der Waals surface area contributed by atoms with Crippen LogP contribution in [0.5, 0.6) is 5.75 Å². The average Bonchev–Trinajstić information content (AvgIpc) is 2.81. The maximum atomic E-state index is 5.16. The second-order valence-electron chi connectivity index (χ2n) is 4.07. The molecule has 3 aromatic rings. The van der Waals surface area contributed by atoms with Crippen molar-refractivity contribution in [3.05, 3.63) is 48.7 Å². The number of hydrogen-bond acceptors (Lipinski definition) is 3. The van der Waals surface area contributed by atoms with Gasteiger partial charge in [-0.2, -0.15) is 0 Å². The van der Waals surface area contributed by atoms with E-state index in [0.29, 0.717) is 0 Å². The van der Waals surface area contributed by atoms with Crippen LogP contribution in [0.1, 0.15) is 5.82 Å². The van der Waals surface area contributed by atoms with Gasteiger partial charge < -0.3 is 9.14 Å². The van der Waals surface area contributed by atoms with Crippen LogP contribution in [0.15, 0.2) is 42.9 Å². The summed E-state index contributed by atoms with van der Waals surface area (Å²) in [5, 5.41) is 0. The molecule has 0 fully saturated rings. The summed E-state index contributed by atoms with van der Waals surface area (Å²) in [6.45, 7) is 1.98. The topological polar surface area (TPSA) is 39.4 Å². The van der Waals surface area contributed by atoms with Crippen LogP contribution >= 0.6 is 0 Å². The summed E-state index contributed by atoms with van der Waals surface area (Å²) in [5.74, 6) is 1.80. The minimum absolute atomic E-state index is 0.843. The Morgan fingerprint density at radius 3 is 2.61 bits per heavy atom. The van der Waals surface area contributed by atoms with Crippen molar-refractivity contribution in [2.75, 3.05) is 7.11 Å². The lowest BCUT2D eigenvalue weighted by Gasteiger charge is -2.05. The van der Waals surface area contributed by atoms with Crippen molar-refractivity contribution in [2.45, 2.75) is 6.92 Å². The Morgan fingerprint density at radius 2 is 1.89 bits per heavy atom. The summed E-state index contributed by atoms with van der Waals surface area (Å²) in [6, 6.07) is 7.88. The molecule has 2 heterocycles. The second kappa shape index (κ2) is 4.14. The van der Waals surface area contributed by atoms with Gasteiger partial charge in [-0.25, -0.2) is 4.98 Å². The van der Waals surface area contributed by atoms with E-state index in [-0.39, 0.29) is 0 Å². The molecule has 0 aliphatic rings. The van der Waals surface area contributed by atoms with Crippen molar-refractivity contribution in [2.24, 2.45) is 0 Å². The maximum absolute atomic E-state index is 5.16. The standard InChI is InChI=1S/C14H13N3O/c1-10-16-9-13-14(15-7-8-17(10)13)11-3-5-12(18-2)6-4-11/h3-9H,1-2H3. The van der Waals surface area contributed by atoms with E-state index in [1.165, 1.54) is 0 Å². The molecule has 0 aliphatic heterocycles.